The average molecular weight is 261 g/mol. The van der Waals surface area contributed by atoms with E-state index in [4.69, 9.17) is 0 Å². The van der Waals surface area contributed by atoms with Crippen LogP contribution in [-0.4, -0.2) is 46.1 Å². The van der Waals surface area contributed by atoms with Crippen molar-refractivity contribution in [2.24, 2.45) is 0 Å². The smallest absolute Gasteiger partial charge is 0.139 e. The minimum atomic E-state index is 0.428. The predicted molar refractivity (Wildman–Crippen MR) is 80.1 cm³/mol. The summed E-state index contributed by atoms with van der Waals surface area (Å²) in [6.07, 6.45) is 3.28. The van der Waals surface area contributed by atoms with E-state index in [9.17, 15) is 4.79 Å². The van der Waals surface area contributed by atoms with Gasteiger partial charge in [0.2, 0.25) is 0 Å². The van der Waals surface area contributed by atoms with E-state index in [2.05, 4.69) is 35.5 Å². The Bertz CT molecular complexity index is 416. The van der Waals surface area contributed by atoms with Crippen molar-refractivity contribution in [1.29, 1.82) is 0 Å². The highest BCUT2D eigenvalue weighted by atomic mass is 16.1. The average Bonchev–Trinajstić information content (AvgIpc) is 2.47. The molecule has 1 saturated heterocycles. The monoisotopic (exact) mass is 261 g/mol. The summed E-state index contributed by atoms with van der Waals surface area (Å²) in [6.45, 7) is 2.60. The Hall–Kier alpha value is -1.55. The third-order valence-corrected chi connectivity index (χ3v) is 3.88. The zero-order valence-electron chi connectivity index (χ0n) is 11.8. The number of carbonyl (C=O) groups excluding carboxylic acids is 1. The fraction of sp³-hybridized carbons (Fsp3) is 0.533. The van der Waals surface area contributed by atoms with E-state index in [-0.39, 0.29) is 0 Å². The van der Waals surface area contributed by atoms with Crippen LogP contribution in [0.15, 0.2) is 24.3 Å². The number of piperidine rings is 1. The summed E-state index contributed by atoms with van der Waals surface area (Å²) in [5.41, 5.74) is 2.33. The second kappa shape index (κ2) is 6.57. The molecule has 0 aromatic heterocycles. The van der Waals surface area contributed by atoms with Gasteiger partial charge in [0.1, 0.15) is 6.29 Å². The molecule has 104 valence electrons. The lowest BCUT2D eigenvalue weighted by Gasteiger charge is -2.35. The van der Waals surface area contributed by atoms with Crippen molar-refractivity contribution in [3.05, 3.63) is 24.3 Å². The molecule has 2 rings (SSSR count). The predicted octanol–water partition coefficient (Wildman–Crippen LogP) is 1.51. The summed E-state index contributed by atoms with van der Waals surface area (Å²) in [5, 5.41) is 3.40. The van der Waals surface area contributed by atoms with Crippen LogP contribution in [-0.2, 0) is 4.79 Å². The topological polar surface area (TPSA) is 35.6 Å². The van der Waals surface area contributed by atoms with Crippen LogP contribution < -0.4 is 15.1 Å². The molecule has 0 bridgehead atoms. The van der Waals surface area contributed by atoms with Gasteiger partial charge in [0, 0.05) is 20.1 Å². The van der Waals surface area contributed by atoms with Gasteiger partial charge >= 0.3 is 0 Å². The van der Waals surface area contributed by atoms with E-state index in [0.717, 1.165) is 25.1 Å². The van der Waals surface area contributed by atoms with Crippen molar-refractivity contribution in [1.82, 2.24) is 5.32 Å². The van der Waals surface area contributed by atoms with Gasteiger partial charge in [0.25, 0.3) is 0 Å². The molecule has 1 aromatic rings. The first-order chi connectivity index (χ1) is 9.24. The highest BCUT2D eigenvalue weighted by Crippen LogP contribution is 2.30. The second-order valence-electron chi connectivity index (χ2n) is 5.13. The van der Waals surface area contributed by atoms with Crippen LogP contribution in [0.5, 0.6) is 0 Å². The Morgan fingerprint density at radius 2 is 1.84 bits per heavy atom. The number of carbonyl (C=O) groups is 1. The fourth-order valence-corrected chi connectivity index (χ4v) is 2.69. The van der Waals surface area contributed by atoms with Crippen molar-refractivity contribution in [3.8, 4) is 0 Å². The third-order valence-electron chi connectivity index (χ3n) is 3.88. The maximum atomic E-state index is 10.7. The molecule has 0 radical (unpaired) electrons. The zero-order chi connectivity index (χ0) is 13.7. The van der Waals surface area contributed by atoms with Gasteiger partial charge in [-0.1, -0.05) is 12.1 Å². The van der Waals surface area contributed by atoms with Crippen LogP contribution >= 0.6 is 0 Å². The van der Waals surface area contributed by atoms with Gasteiger partial charge in [-0.2, -0.15) is 0 Å². The molecule has 4 heteroatoms. The summed E-state index contributed by atoms with van der Waals surface area (Å²) in [5.74, 6) is 0. The lowest BCUT2D eigenvalue weighted by atomic mass is 10.0. The molecular weight excluding hydrogens is 238 g/mol. The van der Waals surface area contributed by atoms with E-state index in [1.807, 2.05) is 18.0 Å². The number of benzene rings is 1. The first-order valence-electron chi connectivity index (χ1n) is 6.91. The number of rotatable bonds is 5. The van der Waals surface area contributed by atoms with Gasteiger partial charge in [0.05, 0.1) is 17.9 Å². The SMILES string of the molecule is CN(CC=O)c1ccccc1N(C)C1CCNCC1. The Morgan fingerprint density at radius 1 is 1.21 bits per heavy atom. The van der Waals surface area contributed by atoms with Gasteiger partial charge in [-0.25, -0.2) is 0 Å². The lowest BCUT2D eigenvalue weighted by Crippen LogP contribution is -2.41. The van der Waals surface area contributed by atoms with Gasteiger partial charge in [-0.3, -0.25) is 0 Å². The molecule has 1 fully saturated rings. The molecule has 1 aliphatic heterocycles. The number of para-hydroxylation sites is 2. The molecule has 0 aliphatic carbocycles. The highest BCUT2D eigenvalue weighted by Gasteiger charge is 2.20. The Kier molecular flexibility index (Phi) is 4.80. The largest absolute Gasteiger partial charge is 0.370 e. The Balaban J connectivity index is 2.20. The molecule has 4 nitrogen and oxygen atoms in total. The van der Waals surface area contributed by atoms with Crippen molar-refractivity contribution in [3.63, 3.8) is 0 Å². The van der Waals surface area contributed by atoms with Gasteiger partial charge in [-0.15, -0.1) is 0 Å². The molecule has 1 aliphatic rings. The molecule has 1 N–H and O–H groups in total. The molecule has 0 spiro atoms. The minimum Gasteiger partial charge on any atom is -0.370 e. The second-order valence-corrected chi connectivity index (χ2v) is 5.13. The van der Waals surface area contributed by atoms with Crippen molar-refractivity contribution in [2.45, 2.75) is 18.9 Å². The molecule has 1 heterocycles. The molecule has 19 heavy (non-hydrogen) atoms. The molecule has 0 atom stereocenters. The number of nitrogens with one attached hydrogen (secondary N) is 1. The molecule has 0 amide bonds. The Morgan fingerprint density at radius 3 is 2.47 bits per heavy atom. The Labute approximate surface area is 115 Å². The van der Waals surface area contributed by atoms with E-state index < -0.39 is 0 Å². The summed E-state index contributed by atoms with van der Waals surface area (Å²) in [6, 6.07) is 8.88. The fourth-order valence-electron chi connectivity index (χ4n) is 2.69. The summed E-state index contributed by atoms with van der Waals surface area (Å²) in [7, 11) is 4.12. The van der Waals surface area contributed by atoms with Gasteiger partial charge < -0.3 is 19.9 Å². The normalized spacial score (nSPS) is 16.1. The van der Waals surface area contributed by atoms with E-state index in [1.165, 1.54) is 18.5 Å². The van der Waals surface area contributed by atoms with Crippen LogP contribution in [0, 0.1) is 0 Å². The molecule has 0 saturated carbocycles. The number of hydrogen-bond acceptors (Lipinski definition) is 4. The van der Waals surface area contributed by atoms with Crippen LogP contribution in [0.3, 0.4) is 0 Å². The number of aldehydes is 1. The van der Waals surface area contributed by atoms with E-state index >= 15 is 0 Å². The summed E-state index contributed by atoms with van der Waals surface area (Å²) in [4.78, 5) is 15.1. The van der Waals surface area contributed by atoms with Crippen LogP contribution in [0.1, 0.15) is 12.8 Å². The number of likely N-dealkylation sites (N-methyl/N-ethyl adjacent to an activating group) is 1. The van der Waals surface area contributed by atoms with Crippen molar-refractivity contribution < 1.29 is 4.79 Å². The van der Waals surface area contributed by atoms with Crippen LogP contribution in [0.25, 0.3) is 0 Å². The summed E-state index contributed by atoms with van der Waals surface area (Å²) >= 11 is 0. The standard InChI is InChI=1S/C15H23N3O/c1-17(11-12-19)14-5-3-4-6-15(14)18(2)13-7-9-16-10-8-13/h3-6,12-13,16H,7-11H2,1-2H3. The van der Waals surface area contributed by atoms with Crippen molar-refractivity contribution in [2.75, 3.05) is 43.5 Å². The number of hydrogen-bond donors (Lipinski definition) is 1. The quantitative estimate of drug-likeness (QED) is 0.815. The number of nitrogens with zero attached hydrogens (tertiary/aromatic N) is 2. The third kappa shape index (κ3) is 3.26. The first kappa shape index (κ1) is 13.9. The highest BCUT2D eigenvalue weighted by molar-refractivity contribution is 5.74. The lowest BCUT2D eigenvalue weighted by molar-refractivity contribution is -0.106. The van der Waals surface area contributed by atoms with E-state index in [1.54, 1.807) is 0 Å². The van der Waals surface area contributed by atoms with Crippen LogP contribution in [0.2, 0.25) is 0 Å². The maximum absolute atomic E-state index is 10.7. The molecule has 1 aromatic carbocycles. The molecular formula is C15H23N3O. The summed E-state index contributed by atoms with van der Waals surface area (Å²) < 4.78 is 0. The van der Waals surface area contributed by atoms with Gasteiger partial charge in [0.15, 0.2) is 0 Å². The molecule has 0 unspecified atom stereocenters. The first-order valence-corrected chi connectivity index (χ1v) is 6.91. The maximum Gasteiger partial charge on any atom is 0.139 e. The minimum absolute atomic E-state index is 0.428. The zero-order valence-corrected chi connectivity index (χ0v) is 11.8. The van der Waals surface area contributed by atoms with Crippen LogP contribution in [0.4, 0.5) is 11.4 Å². The number of anilines is 2. The van der Waals surface area contributed by atoms with Gasteiger partial charge in [-0.05, 0) is 38.1 Å². The van der Waals surface area contributed by atoms with Crippen molar-refractivity contribution >= 4 is 17.7 Å². The van der Waals surface area contributed by atoms with E-state index in [0.29, 0.717) is 12.6 Å².